The normalized spacial score (nSPS) is 10.0. The number of hydrogen-bond donors (Lipinski definition) is 1. The maximum absolute atomic E-state index is 10.6. The minimum absolute atomic E-state index is 0.106. The number of hydrogen-bond acceptors (Lipinski definition) is 4. The predicted octanol–water partition coefficient (Wildman–Crippen LogP) is 2.73. The molecule has 2 N–H and O–H groups in total. The zero-order chi connectivity index (χ0) is 11.4. The zero-order valence-electron chi connectivity index (χ0n) is 8.20. The van der Waals surface area contributed by atoms with Crippen LogP contribution in [0.2, 0.25) is 0 Å². The summed E-state index contributed by atoms with van der Waals surface area (Å²) in [4.78, 5) is 10.0. The van der Waals surface area contributed by atoms with Crippen molar-refractivity contribution in [1.82, 2.24) is 0 Å². The molecule has 0 fully saturated rings. The summed E-state index contributed by atoms with van der Waals surface area (Å²) in [7, 11) is 0. The van der Waals surface area contributed by atoms with Crippen LogP contribution in [0.4, 0.5) is 11.4 Å². The van der Waals surface area contributed by atoms with Crippen LogP contribution < -0.4 is 10.5 Å². The van der Waals surface area contributed by atoms with Gasteiger partial charge in [-0.05, 0) is 22.4 Å². The van der Waals surface area contributed by atoms with Gasteiger partial charge in [0.1, 0.15) is 11.4 Å². The van der Waals surface area contributed by atoms with Crippen LogP contribution in [0.1, 0.15) is 13.3 Å². The lowest BCUT2D eigenvalue weighted by Crippen LogP contribution is -2.00. The molecular weight excluding hydrogens is 264 g/mol. The summed E-state index contributed by atoms with van der Waals surface area (Å²) in [6.07, 6.45) is 0.864. The van der Waals surface area contributed by atoms with Crippen LogP contribution in [0.15, 0.2) is 16.6 Å². The van der Waals surface area contributed by atoms with Gasteiger partial charge in [-0.3, -0.25) is 10.1 Å². The molecule has 15 heavy (non-hydrogen) atoms. The van der Waals surface area contributed by atoms with E-state index in [1.54, 1.807) is 0 Å². The minimum atomic E-state index is -0.524. The van der Waals surface area contributed by atoms with Crippen molar-refractivity contribution in [2.75, 3.05) is 12.3 Å². The molecule has 1 aromatic rings. The SMILES string of the molecule is CCCOc1cc(N)c([N+](=O)[O-])cc1Br. The van der Waals surface area contributed by atoms with Crippen LogP contribution in [0.3, 0.4) is 0 Å². The number of nitro groups is 1. The lowest BCUT2D eigenvalue weighted by Gasteiger charge is -2.07. The summed E-state index contributed by atoms with van der Waals surface area (Å²) in [6.45, 7) is 2.53. The molecule has 0 aromatic heterocycles. The zero-order valence-corrected chi connectivity index (χ0v) is 9.78. The van der Waals surface area contributed by atoms with Crippen LogP contribution in [0.5, 0.6) is 5.75 Å². The third-order valence-corrected chi connectivity index (χ3v) is 2.36. The molecular formula is C9H11BrN2O3. The van der Waals surface area contributed by atoms with Crippen LogP contribution in [-0.4, -0.2) is 11.5 Å². The first-order chi connectivity index (χ1) is 7.06. The largest absolute Gasteiger partial charge is 0.492 e. The first-order valence-corrected chi connectivity index (χ1v) is 5.21. The highest BCUT2D eigenvalue weighted by Crippen LogP contribution is 2.34. The van der Waals surface area contributed by atoms with Gasteiger partial charge in [0.15, 0.2) is 0 Å². The van der Waals surface area contributed by atoms with E-state index in [0.717, 1.165) is 6.42 Å². The molecule has 82 valence electrons. The van der Waals surface area contributed by atoms with Gasteiger partial charge in [0, 0.05) is 12.1 Å². The van der Waals surface area contributed by atoms with Gasteiger partial charge >= 0.3 is 0 Å². The van der Waals surface area contributed by atoms with Crippen molar-refractivity contribution in [1.29, 1.82) is 0 Å². The Kier molecular flexibility index (Phi) is 3.90. The van der Waals surface area contributed by atoms with Crippen molar-refractivity contribution in [2.24, 2.45) is 0 Å². The molecule has 0 radical (unpaired) electrons. The van der Waals surface area contributed by atoms with Crippen molar-refractivity contribution in [3.8, 4) is 5.75 Å². The summed E-state index contributed by atoms with van der Waals surface area (Å²) in [5.41, 5.74) is 5.51. The highest BCUT2D eigenvalue weighted by atomic mass is 79.9. The number of benzene rings is 1. The van der Waals surface area contributed by atoms with Crippen LogP contribution in [-0.2, 0) is 0 Å². The molecule has 0 amide bonds. The minimum Gasteiger partial charge on any atom is -0.492 e. The Morgan fingerprint density at radius 2 is 2.27 bits per heavy atom. The molecule has 1 aromatic carbocycles. The Bertz CT molecular complexity index is 382. The number of halogens is 1. The molecule has 1 rings (SSSR count). The average molecular weight is 275 g/mol. The van der Waals surface area contributed by atoms with Crippen LogP contribution in [0.25, 0.3) is 0 Å². The Morgan fingerprint density at radius 1 is 1.60 bits per heavy atom. The second kappa shape index (κ2) is 4.97. The monoisotopic (exact) mass is 274 g/mol. The van der Waals surface area contributed by atoms with Gasteiger partial charge in [-0.15, -0.1) is 0 Å². The number of anilines is 1. The fourth-order valence-electron chi connectivity index (χ4n) is 1.04. The third kappa shape index (κ3) is 2.82. The van der Waals surface area contributed by atoms with E-state index in [1.807, 2.05) is 6.92 Å². The van der Waals surface area contributed by atoms with Gasteiger partial charge in [-0.2, -0.15) is 0 Å². The van der Waals surface area contributed by atoms with E-state index in [2.05, 4.69) is 15.9 Å². The van der Waals surface area contributed by atoms with Crippen molar-refractivity contribution in [3.05, 3.63) is 26.7 Å². The summed E-state index contributed by atoms with van der Waals surface area (Å²) >= 11 is 3.19. The van der Waals surface area contributed by atoms with E-state index in [9.17, 15) is 10.1 Å². The van der Waals surface area contributed by atoms with E-state index in [0.29, 0.717) is 16.8 Å². The molecule has 0 atom stereocenters. The average Bonchev–Trinajstić information content (AvgIpc) is 2.18. The van der Waals surface area contributed by atoms with Crippen molar-refractivity contribution >= 4 is 27.3 Å². The summed E-state index contributed by atoms with van der Waals surface area (Å²) in [6, 6.07) is 2.80. The predicted molar refractivity (Wildman–Crippen MR) is 61.0 cm³/mol. The molecule has 0 bridgehead atoms. The number of nitrogen functional groups attached to an aromatic ring is 1. The number of rotatable bonds is 4. The van der Waals surface area contributed by atoms with Gasteiger partial charge in [0.25, 0.3) is 5.69 Å². The second-order valence-electron chi connectivity index (χ2n) is 2.95. The Morgan fingerprint density at radius 3 is 2.80 bits per heavy atom. The Hall–Kier alpha value is -1.30. The summed E-state index contributed by atoms with van der Waals surface area (Å²) < 4.78 is 5.89. The topological polar surface area (TPSA) is 78.4 Å². The third-order valence-electron chi connectivity index (χ3n) is 1.74. The van der Waals surface area contributed by atoms with Gasteiger partial charge < -0.3 is 10.5 Å². The van der Waals surface area contributed by atoms with E-state index in [4.69, 9.17) is 10.5 Å². The van der Waals surface area contributed by atoms with Crippen LogP contribution >= 0.6 is 15.9 Å². The maximum Gasteiger partial charge on any atom is 0.293 e. The molecule has 0 saturated heterocycles. The van der Waals surface area contributed by atoms with Gasteiger partial charge in [-0.25, -0.2) is 0 Å². The molecule has 6 heteroatoms. The summed E-state index contributed by atoms with van der Waals surface area (Å²) in [5.74, 6) is 0.528. The van der Waals surface area contributed by atoms with Gasteiger partial charge in [0.2, 0.25) is 0 Å². The molecule has 0 heterocycles. The van der Waals surface area contributed by atoms with E-state index < -0.39 is 4.92 Å². The number of nitrogens with zero attached hydrogens (tertiary/aromatic N) is 1. The Balaban J connectivity index is 3.02. The van der Waals surface area contributed by atoms with Crippen molar-refractivity contribution in [3.63, 3.8) is 0 Å². The summed E-state index contributed by atoms with van der Waals surface area (Å²) in [5, 5.41) is 10.6. The number of nitrogens with two attached hydrogens (primary N) is 1. The number of nitro benzene ring substituents is 1. The Labute approximate surface area is 95.5 Å². The van der Waals surface area contributed by atoms with Crippen molar-refractivity contribution < 1.29 is 9.66 Å². The van der Waals surface area contributed by atoms with Crippen LogP contribution in [0, 0.1) is 10.1 Å². The second-order valence-corrected chi connectivity index (χ2v) is 3.80. The van der Waals surface area contributed by atoms with Gasteiger partial charge in [0.05, 0.1) is 16.0 Å². The first-order valence-electron chi connectivity index (χ1n) is 4.42. The quantitative estimate of drug-likeness (QED) is 0.520. The molecule has 5 nitrogen and oxygen atoms in total. The molecule has 0 spiro atoms. The van der Waals surface area contributed by atoms with Crippen molar-refractivity contribution in [2.45, 2.75) is 13.3 Å². The fourth-order valence-corrected chi connectivity index (χ4v) is 1.49. The number of ether oxygens (including phenoxy) is 1. The van der Waals surface area contributed by atoms with E-state index >= 15 is 0 Å². The standard InChI is InChI=1S/C9H11BrN2O3/c1-2-3-15-9-5-7(11)8(12(13)14)4-6(9)10/h4-5H,2-3,11H2,1H3. The molecule has 0 aliphatic carbocycles. The fraction of sp³-hybridized carbons (Fsp3) is 0.333. The molecule has 0 unspecified atom stereocenters. The molecule has 0 aliphatic rings. The highest BCUT2D eigenvalue weighted by molar-refractivity contribution is 9.10. The highest BCUT2D eigenvalue weighted by Gasteiger charge is 2.15. The lowest BCUT2D eigenvalue weighted by atomic mass is 10.2. The van der Waals surface area contributed by atoms with Gasteiger partial charge in [-0.1, -0.05) is 6.92 Å². The van der Waals surface area contributed by atoms with E-state index in [1.165, 1.54) is 12.1 Å². The molecule has 0 aliphatic heterocycles. The van der Waals surface area contributed by atoms with E-state index in [-0.39, 0.29) is 11.4 Å². The molecule has 0 saturated carbocycles. The smallest absolute Gasteiger partial charge is 0.293 e. The first kappa shape index (κ1) is 11.8. The maximum atomic E-state index is 10.6. The lowest BCUT2D eigenvalue weighted by molar-refractivity contribution is -0.384.